The van der Waals surface area contributed by atoms with E-state index >= 15 is 0 Å². The van der Waals surface area contributed by atoms with Crippen molar-refractivity contribution in [3.8, 4) is 0 Å². The Morgan fingerprint density at radius 3 is 1.68 bits per heavy atom. The number of hydrogen-bond acceptors (Lipinski definition) is 5. The lowest BCUT2D eigenvalue weighted by atomic mass is 9.99. The van der Waals surface area contributed by atoms with E-state index in [1.54, 1.807) is 0 Å². The number of anilines is 2. The van der Waals surface area contributed by atoms with Crippen molar-refractivity contribution in [1.82, 2.24) is 4.90 Å². The van der Waals surface area contributed by atoms with Crippen LogP contribution in [-0.4, -0.2) is 38.1 Å². The Bertz CT molecular complexity index is 619. The Balaban J connectivity index is 2.54. The summed E-state index contributed by atoms with van der Waals surface area (Å²) in [5.74, 6) is 0. The highest BCUT2D eigenvalue weighted by Crippen LogP contribution is 2.21. The van der Waals surface area contributed by atoms with E-state index < -0.39 is 0 Å². The van der Waals surface area contributed by atoms with Crippen LogP contribution < -0.4 is 21.5 Å². The first-order valence-corrected chi connectivity index (χ1v) is 13.0. The molecule has 0 fully saturated rings. The van der Waals surface area contributed by atoms with Crippen molar-refractivity contribution in [3.63, 3.8) is 0 Å². The lowest BCUT2D eigenvalue weighted by Gasteiger charge is -2.23. The molecule has 0 atom stereocenters. The maximum atomic E-state index is 12.2. The number of unbranched alkanes of at least 4 members (excludes halogenated alkanes) is 10. The summed E-state index contributed by atoms with van der Waals surface area (Å²) in [6.07, 6.45) is 18.5. The Kier molecular flexibility index (Phi) is 15.4. The van der Waals surface area contributed by atoms with E-state index in [9.17, 15) is 9.59 Å². The molecule has 0 spiro atoms. The first-order valence-electron chi connectivity index (χ1n) is 13.0. The molecule has 31 heavy (non-hydrogen) atoms. The second-order valence-corrected chi connectivity index (χ2v) is 9.45. The van der Waals surface area contributed by atoms with Crippen molar-refractivity contribution in [2.45, 2.75) is 116 Å². The van der Waals surface area contributed by atoms with Crippen molar-refractivity contribution >= 4 is 11.4 Å². The topological polar surface area (TPSA) is 61.4 Å². The molecule has 5 nitrogen and oxygen atoms in total. The highest BCUT2D eigenvalue weighted by Gasteiger charge is 2.23. The van der Waals surface area contributed by atoms with Gasteiger partial charge in [-0.1, -0.05) is 90.9 Å². The number of nitrogens with one attached hydrogen (secondary N) is 2. The average Bonchev–Trinajstić information content (AvgIpc) is 2.76. The van der Waals surface area contributed by atoms with Crippen LogP contribution in [0.25, 0.3) is 0 Å². The fraction of sp³-hybridized carbons (Fsp3) is 0.846. The lowest BCUT2D eigenvalue weighted by Crippen LogP contribution is -2.40. The summed E-state index contributed by atoms with van der Waals surface area (Å²) in [4.78, 5) is 26.4. The molecule has 0 aromatic heterocycles. The standard InChI is InChI=1S/C26H49N3O2/c1-5-7-9-11-13-15-18-22(19-16-14-12-10-8-6-2)28-24-23(25(30)26(24)31)27-20-17-21-29(3)4/h22,27-28H,5-21H2,1-4H3. The molecule has 2 N–H and O–H groups in total. The zero-order chi connectivity index (χ0) is 22.9. The van der Waals surface area contributed by atoms with Crippen LogP contribution in [0.15, 0.2) is 9.59 Å². The summed E-state index contributed by atoms with van der Waals surface area (Å²) < 4.78 is 0. The van der Waals surface area contributed by atoms with E-state index in [1.165, 1.54) is 77.0 Å². The summed E-state index contributed by atoms with van der Waals surface area (Å²) in [7, 11) is 4.08. The van der Waals surface area contributed by atoms with Crippen LogP contribution in [0.2, 0.25) is 0 Å². The maximum Gasteiger partial charge on any atom is 0.253 e. The van der Waals surface area contributed by atoms with Gasteiger partial charge in [-0.2, -0.15) is 0 Å². The Labute approximate surface area is 191 Å². The van der Waals surface area contributed by atoms with Crippen LogP contribution in [0.3, 0.4) is 0 Å². The molecule has 0 amide bonds. The zero-order valence-electron chi connectivity index (χ0n) is 20.9. The van der Waals surface area contributed by atoms with Crippen molar-refractivity contribution in [1.29, 1.82) is 0 Å². The van der Waals surface area contributed by atoms with E-state index in [0.717, 1.165) is 32.4 Å². The van der Waals surface area contributed by atoms with Gasteiger partial charge in [-0.25, -0.2) is 0 Å². The zero-order valence-corrected chi connectivity index (χ0v) is 20.9. The molecule has 5 heteroatoms. The predicted molar refractivity (Wildman–Crippen MR) is 136 cm³/mol. The minimum Gasteiger partial charge on any atom is -0.380 e. The van der Waals surface area contributed by atoms with E-state index in [-0.39, 0.29) is 10.9 Å². The maximum absolute atomic E-state index is 12.2. The van der Waals surface area contributed by atoms with Gasteiger partial charge in [-0.15, -0.1) is 0 Å². The minimum absolute atomic E-state index is 0.294. The largest absolute Gasteiger partial charge is 0.380 e. The molecule has 0 heterocycles. The Morgan fingerprint density at radius 2 is 1.16 bits per heavy atom. The van der Waals surface area contributed by atoms with Crippen LogP contribution in [0.5, 0.6) is 0 Å². The average molecular weight is 436 g/mol. The van der Waals surface area contributed by atoms with Gasteiger partial charge in [0, 0.05) is 12.6 Å². The fourth-order valence-electron chi connectivity index (χ4n) is 4.14. The summed E-state index contributed by atoms with van der Waals surface area (Å²) >= 11 is 0. The molecule has 0 aliphatic carbocycles. The van der Waals surface area contributed by atoms with Gasteiger partial charge in [0.2, 0.25) is 0 Å². The molecular weight excluding hydrogens is 386 g/mol. The number of hydrogen-bond donors (Lipinski definition) is 2. The Morgan fingerprint density at radius 1 is 0.677 bits per heavy atom. The van der Waals surface area contributed by atoms with Crippen LogP contribution in [0, 0.1) is 0 Å². The van der Waals surface area contributed by atoms with Crippen molar-refractivity contribution in [2.24, 2.45) is 0 Å². The molecule has 1 rings (SSSR count). The second kappa shape index (κ2) is 17.2. The summed E-state index contributed by atoms with van der Waals surface area (Å²) in [5, 5.41) is 6.68. The predicted octanol–water partition coefficient (Wildman–Crippen LogP) is 5.93. The summed E-state index contributed by atoms with van der Waals surface area (Å²) in [5.41, 5.74) is 0.354. The molecule has 0 aliphatic heterocycles. The molecule has 180 valence electrons. The molecule has 1 aromatic rings. The van der Waals surface area contributed by atoms with Crippen LogP contribution in [0.4, 0.5) is 11.4 Å². The van der Waals surface area contributed by atoms with Crippen molar-refractivity contribution < 1.29 is 0 Å². The van der Waals surface area contributed by atoms with E-state index in [4.69, 9.17) is 0 Å². The molecular formula is C26H49N3O2. The van der Waals surface area contributed by atoms with E-state index in [1.807, 2.05) is 14.1 Å². The van der Waals surface area contributed by atoms with Gasteiger partial charge in [0.05, 0.1) is 0 Å². The fourth-order valence-corrected chi connectivity index (χ4v) is 4.14. The van der Waals surface area contributed by atoms with Gasteiger partial charge >= 0.3 is 0 Å². The Hall–Kier alpha value is -1.36. The molecule has 0 saturated carbocycles. The first-order chi connectivity index (χ1) is 15.0. The monoisotopic (exact) mass is 435 g/mol. The van der Waals surface area contributed by atoms with E-state index in [0.29, 0.717) is 17.4 Å². The quantitative estimate of drug-likeness (QED) is 0.185. The summed E-state index contributed by atoms with van der Waals surface area (Å²) in [6.45, 7) is 6.18. The molecule has 0 bridgehead atoms. The van der Waals surface area contributed by atoms with Gasteiger partial charge < -0.3 is 15.5 Å². The third-order valence-electron chi connectivity index (χ3n) is 6.15. The number of rotatable bonds is 21. The third kappa shape index (κ3) is 11.7. The molecule has 1 aromatic carbocycles. The van der Waals surface area contributed by atoms with Crippen LogP contribution >= 0.6 is 0 Å². The second-order valence-electron chi connectivity index (χ2n) is 9.45. The van der Waals surface area contributed by atoms with Gasteiger partial charge in [-0.3, -0.25) is 9.59 Å². The van der Waals surface area contributed by atoms with Gasteiger partial charge in [0.25, 0.3) is 10.9 Å². The first kappa shape index (κ1) is 27.7. The van der Waals surface area contributed by atoms with Crippen molar-refractivity contribution in [2.75, 3.05) is 37.8 Å². The normalized spacial score (nSPS) is 11.7. The SMILES string of the molecule is CCCCCCCCC(CCCCCCCC)Nc1c(NCCCN(C)C)c(=O)c1=O. The molecule has 0 saturated heterocycles. The van der Waals surface area contributed by atoms with Crippen LogP contribution in [0.1, 0.15) is 110 Å². The van der Waals surface area contributed by atoms with Gasteiger partial charge in [0.1, 0.15) is 11.4 Å². The van der Waals surface area contributed by atoms with Crippen molar-refractivity contribution in [3.05, 3.63) is 20.4 Å². The molecule has 0 radical (unpaired) electrons. The smallest absolute Gasteiger partial charge is 0.253 e. The highest BCUT2D eigenvalue weighted by atomic mass is 16.2. The lowest BCUT2D eigenvalue weighted by molar-refractivity contribution is 0.405. The molecule has 0 aliphatic rings. The van der Waals surface area contributed by atoms with Gasteiger partial charge in [-0.05, 0) is 39.9 Å². The summed E-state index contributed by atoms with van der Waals surface area (Å²) in [6, 6.07) is 0.294. The van der Waals surface area contributed by atoms with Gasteiger partial charge in [0.15, 0.2) is 0 Å². The number of nitrogens with zero attached hydrogens (tertiary/aromatic N) is 1. The third-order valence-corrected chi connectivity index (χ3v) is 6.15. The van der Waals surface area contributed by atoms with Crippen LogP contribution in [-0.2, 0) is 0 Å². The highest BCUT2D eigenvalue weighted by molar-refractivity contribution is 5.74. The molecule has 0 unspecified atom stereocenters. The minimum atomic E-state index is -0.356. The van der Waals surface area contributed by atoms with E-state index in [2.05, 4.69) is 29.4 Å².